The van der Waals surface area contributed by atoms with E-state index in [1.54, 1.807) is 0 Å². The first kappa shape index (κ1) is 36.7. The molecule has 6 N–H and O–H groups in total. The molecule has 1 saturated heterocycles. The molecule has 12 nitrogen and oxygen atoms in total. The molecule has 0 aliphatic carbocycles. The van der Waals surface area contributed by atoms with Crippen LogP contribution in [0.2, 0.25) is 0 Å². The monoisotopic (exact) mass is 665 g/mol. The highest BCUT2D eigenvalue weighted by Crippen LogP contribution is 2.33. The largest absolute Gasteiger partial charge is 0.480 e. The number of carboxylic acids is 2. The summed E-state index contributed by atoms with van der Waals surface area (Å²) in [5.41, 5.74) is 2.22. The van der Waals surface area contributed by atoms with Gasteiger partial charge in [-0.1, -0.05) is 63.3 Å². The van der Waals surface area contributed by atoms with Crippen molar-refractivity contribution in [3.8, 4) is 0 Å². The Morgan fingerprint density at radius 3 is 1.91 bits per heavy atom. The molecule has 0 spiro atoms. The first-order valence-corrected chi connectivity index (χ1v) is 15.7. The van der Waals surface area contributed by atoms with E-state index in [0.717, 1.165) is 16.9 Å². The quantitative estimate of drug-likeness (QED) is 0.135. The molecule has 2 aromatic rings. The maximum absolute atomic E-state index is 13.3. The predicted molar refractivity (Wildman–Crippen MR) is 183 cm³/mol. The Balaban J connectivity index is 1.58. The maximum atomic E-state index is 13.3. The number of nitrogens with one attached hydrogen (secondary N) is 4. The van der Waals surface area contributed by atoms with Gasteiger partial charge in [-0.15, -0.1) is 0 Å². The van der Waals surface area contributed by atoms with Crippen LogP contribution in [-0.2, 0) is 24.0 Å². The van der Waals surface area contributed by atoms with Gasteiger partial charge in [-0.25, -0.2) is 9.59 Å². The Labute approximate surface area is 280 Å². The molecule has 1 aliphatic heterocycles. The average molecular weight is 666 g/mol. The van der Waals surface area contributed by atoms with Crippen molar-refractivity contribution < 1.29 is 34.2 Å². The first-order valence-electron chi connectivity index (χ1n) is 15.3. The van der Waals surface area contributed by atoms with Gasteiger partial charge < -0.3 is 36.4 Å². The highest BCUT2D eigenvalue weighted by atomic mass is 32.1. The van der Waals surface area contributed by atoms with Crippen molar-refractivity contribution in [3.63, 3.8) is 0 Å². The van der Waals surface area contributed by atoms with Crippen LogP contribution in [0.1, 0.15) is 64.9 Å². The molecular weight excluding hydrogens is 622 g/mol. The molecule has 252 valence electrons. The molecule has 47 heavy (non-hydrogen) atoms. The molecule has 1 heterocycles. The van der Waals surface area contributed by atoms with Crippen molar-refractivity contribution in [2.75, 3.05) is 17.2 Å². The number of rotatable bonds is 13. The van der Waals surface area contributed by atoms with Gasteiger partial charge in [0.1, 0.15) is 18.1 Å². The average Bonchev–Trinajstić information content (AvgIpc) is 3.44. The summed E-state index contributed by atoms with van der Waals surface area (Å²) >= 11 is 5.39. The molecule has 3 amide bonds. The summed E-state index contributed by atoms with van der Waals surface area (Å²) in [6, 6.07) is 13.7. The second-order valence-corrected chi connectivity index (χ2v) is 13.1. The molecule has 0 saturated carbocycles. The zero-order valence-electron chi connectivity index (χ0n) is 27.0. The molecule has 3 rings (SSSR count). The minimum atomic E-state index is -1.30. The van der Waals surface area contributed by atoms with Crippen LogP contribution >= 0.6 is 12.2 Å². The van der Waals surface area contributed by atoms with Crippen LogP contribution in [0.25, 0.3) is 0 Å². The van der Waals surface area contributed by atoms with E-state index in [4.69, 9.17) is 12.2 Å². The van der Waals surface area contributed by atoms with Crippen LogP contribution in [0.4, 0.5) is 11.4 Å². The lowest BCUT2D eigenvalue weighted by Gasteiger charge is -2.24. The summed E-state index contributed by atoms with van der Waals surface area (Å²) in [5.74, 6) is -3.92. The van der Waals surface area contributed by atoms with Crippen molar-refractivity contribution in [1.82, 2.24) is 15.5 Å². The van der Waals surface area contributed by atoms with Gasteiger partial charge >= 0.3 is 11.9 Å². The Hall–Kier alpha value is -4.78. The van der Waals surface area contributed by atoms with Crippen molar-refractivity contribution in [2.45, 2.75) is 77.4 Å². The number of hydrogen-bond donors (Lipinski definition) is 6. The zero-order valence-corrected chi connectivity index (χ0v) is 27.8. The third-order valence-electron chi connectivity index (χ3n) is 7.53. The van der Waals surface area contributed by atoms with Crippen LogP contribution < -0.4 is 21.3 Å². The number of hydrogen-bond acceptors (Lipinski definition) is 6. The molecule has 4 atom stereocenters. The fraction of sp³-hybridized carbons (Fsp3) is 0.412. The van der Waals surface area contributed by atoms with Gasteiger partial charge in [-0.05, 0) is 66.7 Å². The Morgan fingerprint density at radius 1 is 0.872 bits per heavy atom. The lowest BCUT2D eigenvalue weighted by Crippen LogP contribution is -2.50. The SMILES string of the molecule is CC(=O)N1CC(c2ccc(NC(=S)Nc3ccccc3)cc2)CC1C(=O)NC(C/C=C/CC(NC(=O)CC(C)(C)C)C(=O)O)C(=O)O. The van der Waals surface area contributed by atoms with E-state index in [-0.39, 0.29) is 36.5 Å². The number of para-hydroxylation sites is 1. The third-order valence-corrected chi connectivity index (χ3v) is 7.73. The molecule has 1 aliphatic rings. The third kappa shape index (κ3) is 11.8. The van der Waals surface area contributed by atoms with Gasteiger partial charge in [0.2, 0.25) is 17.7 Å². The molecule has 13 heteroatoms. The topological polar surface area (TPSA) is 177 Å². The predicted octanol–water partition coefficient (Wildman–Crippen LogP) is 4.11. The molecule has 4 unspecified atom stereocenters. The van der Waals surface area contributed by atoms with Crippen molar-refractivity contribution in [1.29, 1.82) is 0 Å². The van der Waals surface area contributed by atoms with E-state index >= 15 is 0 Å². The Kier molecular flexibility index (Phi) is 13.0. The summed E-state index contributed by atoms with van der Waals surface area (Å²) < 4.78 is 0. The van der Waals surface area contributed by atoms with E-state index in [1.807, 2.05) is 75.4 Å². The minimum absolute atomic E-state index is 0.0580. The molecule has 2 aromatic carbocycles. The van der Waals surface area contributed by atoms with E-state index in [9.17, 15) is 34.2 Å². The maximum Gasteiger partial charge on any atom is 0.326 e. The van der Waals surface area contributed by atoms with Crippen LogP contribution in [-0.4, -0.2) is 74.6 Å². The van der Waals surface area contributed by atoms with Crippen LogP contribution in [0.3, 0.4) is 0 Å². The second kappa shape index (κ2) is 16.7. The minimum Gasteiger partial charge on any atom is -0.480 e. The standard InChI is InChI=1S/C34H43N5O7S/c1-21(40)39-20-23(22-14-16-25(17-15-22)36-33(47)35-24-10-6-5-7-11-24)18-28(39)30(42)38-27(32(45)46)13-9-8-12-26(31(43)44)37-29(41)19-34(2,3)4/h5-11,14-17,23,26-28H,12-13,18-20H2,1-4H3,(H,37,41)(H,38,42)(H,43,44)(H,45,46)(H2,35,36,47)/b9-8+. The fourth-order valence-corrected chi connectivity index (χ4v) is 5.47. The zero-order chi connectivity index (χ0) is 34.7. The lowest BCUT2D eigenvalue weighted by molar-refractivity contribution is -0.143. The fourth-order valence-electron chi connectivity index (χ4n) is 5.23. The van der Waals surface area contributed by atoms with Gasteiger partial charge in [0.25, 0.3) is 0 Å². The second-order valence-electron chi connectivity index (χ2n) is 12.7. The van der Waals surface area contributed by atoms with E-state index in [2.05, 4.69) is 21.3 Å². The lowest BCUT2D eigenvalue weighted by atomic mass is 9.92. The number of anilines is 2. The summed E-state index contributed by atoms with van der Waals surface area (Å²) in [6.45, 7) is 7.25. The van der Waals surface area contributed by atoms with Gasteiger partial charge in [-0.3, -0.25) is 14.4 Å². The number of carbonyl (C=O) groups excluding carboxylic acids is 3. The number of amides is 3. The number of benzene rings is 2. The first-order chi connectivity index (χ1) is 22.1. The number of carbonyl (C=O) groups is 5. The van der Waals surface area contributed by atoms with E-state index in [0.29, 0.717) is 18.1 Å². The van der Waals surface area contributed by atoms with Gasteiger partial charge in [0, 0.05) is 37.2 Å². The molecule has 1 fully saturated rings. The van der Waals surface area contributed by atoms with Crippen LogP contribution in [0, 0.1) is 5.41 Å². The van der Waals surface area contributed by atoms with Gasteiger partial charge in [-0.2, -0.15) is 0 Å². The molecular formula is C34H43N5O7S. The summed E-state index contributed by atoms with van der Waals surface area (Å²) in [6.07, 6.45) is 3.21. The van der Waals surface area contributed by atoms with Crippen molar-refractivity contribution in [3.05, 3.63) is 72.3 Å². The summed E-state index contributed by atoms with van der Waals surface area (Å²) in [7, 11) is 0. The van der Waals surface area contributed by atoms with E-state index < -0.39 is 41.9 Å². The van der Waals surface area contributed by atoms with Crippen LogP contribution in [0.5, 0.6) is 0 Å². The number of carboxylic acid groups (broad SMARTS) is 2. The normalized spacial score (nSPS) is 17.4. The summed E-state index contributed by atoms with van der Waals surface area (Å²) in [4.78, 5) is 63.0. The van der Waals surface area contributed by atoms with E-state index in [1.165, 1.54) is 24.0 Å². The molecule has 0 radical (unpaired) electrons. The summed E-state index contributed by atoms with van der Waals surface area (Å²) in [5, 5.41) is 30.9. The van der Waals surface area contributed by atoms with Gasteiger partial charge in [0.05, 0.1) is 0 Å². The highest BCUT2D eigenvalue weighted by molar-refractivity contribution is 7.80. The smallest absolute Gasteiger partial charge is 0.326 e. The van der Waals surface area contributed by atoms with Gasteiger partial charge in [0.15, 0.2) is 5.11 Å². The highest BCUT2D eigenvalue weighted by Gasteiger charge is 2.40. The van der Waals surface area contributed by atoms with Crippen molar-refractivity contribution in [2.24, 2.45) is 5.41 Å². The Morgan fingerprint density at radius 2 is 1.40 bits per heavy atom. The number of aliphatic carboxylic acids is 2. The van der Waals surface area contributed by atoms with Crippen LogP contribution in [0.15, 0.2) is 66.7 Å². The molecule has 0 bridgehead atoms. The van der Waals surface area contributed by atoms with Crippen molar-refractivity contribution >= 4 is 58.4 Å². The number of likely N-dealkylation sites (tertiary alicyclic amines) is 1. The Bertz CT molecular complexity index is 1470. The number of thiocarbonyl (C=S) groups is 1. The molecule has 0 aromatic heterocycles. The number of nitrogens with zero attached hydrogens (tertiary/aromatic N) is 1.